The quantitative estimate of drug-likeness (QED) is 0.720. The summed E-state index contributed by atoms with van der Waals surface area (Å²) in [6, 6.07) is 0. The number of hydrogen-bond acceptors (Lipinski definition) is 2. The van der Waals surface area contributed by atoms with Crippen molar-refractivity contribution >= 4 is 0 Å². The zero-order valence-electron chi connectivity index (χ0n) is 9.89. The minimum absolute atomic E-state index is 0.172. The van der Waals surface area contributed by atoms with Crippen molar-refractivity contribution in [3.63, 3.8) is 0 Å². The van der Waals surface area contributed by atoms with Gasteiger partial charge in [-0.2, -0.15) is 10.2 Å². The topological polar surface area (TPSA) is 25.8 Å². The van der Waals surface area contributed by atoms with Gasteiger partial charge in [0.15, 0.2) is 0 Å². The first-order valence-corrected chi connectivity index (χ1v) is 5.34. The average molecular weight is 192 g/mol. The van der Waals surface area contributed by atoms with Crippen molar-refractivity contribution in [1.29, 1.82) is 0 Å². The van der Waals surface area contributed by atoms with Gasteiger partial charge in [0, 0.05) is 0 Å². The molecule has 0 atom stereocenters. The fourth-order valence-corrected chi connectivity index (χ4v) is 1.77. The lowest BCUT2D eigenvalue weighted by molar-refractivity contribution is 0.573. The van der Waals surface area contributed by atoms with E-state index >= 15 is 0 Å². The van der Waals surface area contributed by atoms with Crippen molar-refractivity contribution in [3.8, 4) is 0 Å². The van der Waals surface area contributed by atoms with Gasteiger partial charge in [-0.15, -0.1) is 0 Å². The maximum absolute atomic E-state index is 4.19. The van der Waals surface area contributed by atoms with Gasteiger partial charge in [-0.1, -0.05) is 34.6 Å². The van der Waals surface area contributed by atoms with Crippen LogP contribution in [0.15, 0.2) is 6.20 Å². The molecule has 0 aliphatic heterocycles. The molecular formula is C12H20N2. The predicted molar refractivity (Wildman–Crippen MR) is 59.5 cm³/mol. The molecule has 2 heteroatoms. The molecule has 1 aromatic rings. The van der Waals surface area contributed by atoms with E-state index in [1.54, 1.807) is 0 Å². The molecule has 0 aromatic carbocycles. The molecule has 1 aromatic heterocycles. The monoisotopic (exact) mass is 192 g/mol. The molecule has 0 unspecified atom stereocenters. The Balaban J connectivity index is 3.29. The third-order valence-electron chi connectivity index (χ3n) is 2.54. The molecule has 0 radical (unpaired) electrons. The average Bonchev–Trinajstić information content (AvgIpc) is 2.15. The van der Waals surface area contributed by atoms with Crippen molar-refractivity contribution < 1.29 is 0 Å². The molecule has 0 saturated heterocycles. The number of nitrogens with zero attached hydrogens (tertiary/aromatic N) is 2. The second kappa shape index (κ2) is 4.07. The normalized spacial score (nSPS) is 11.8. The minimum Gasteiger partial charge on any atom is -0.159 e. The lowest BCUT2D eigenvalue weighted by Crippen LogP contribution is -2.17. The van der Waals surface area contributed by atoms with E-state index < -0.39 is 0 Å². The Hall–Kier alpha value is -0.920. The summed E-state index contributed by atoms with van der Waals surface area (Å²) in [5.41, 5.74) is 4.05. The molecule has 1 heterocycles. The molecule has 0 saturated carbocycles. The molecule has 78 valence electrons. The van der Waals surface area contributed by atoms with E-state index in [0.29, 0.717) is 0 Å². The highest BCUT2D eigenvalue weighted by molar-refractivity contribution is 5.33. The van der Waals surface area contributed by atoms with Crippen LogP contribution in [0.3, 0.4) is 0 Å². The van der Waals surface area contributed by atoms with Crippen LogP contribution in [0.1, 0.15) is 51.4 Å². The Morgan fingerprint density at radius 1 is 1.14 bits per heavy atom. The zero-order chi connectivity index (χ0) is 10.8. The molecule has 1 rings (SSSR count). The first-order chi connectivity index (χ1) is 6.50. The minimum atomic E-state index is 0.172. The molecule has 0 N–H and O–H groups in total. The van der Waals surface area contributed by atoms with E-state index in [9.17, 15) is 0 Å². The highest BCUT2D eigenvalue weighted by Gasteiger charge is 2.19. The van der Waals surface area contributed by atoms with Crippen LogP contribution in [0, 0.1) is 0 Å². The predicted octanol–water partition coefficient (Wildman–Crippen LogP) is 2.90. The highest BCUT2D eigenvalue weighted by atomic mass is 15.1. The standard InChI is InChI=1S/C12H20N2/c1-6-9-10(12(3,4)5)8-13-14-11(9)7-2/h8H,6-7H2,1-5H3. The summed E-state index contributed by atoms with van der Waals surface area (Å²) < 4.78 is 0. The van der Waals surface area contributed by atoms with Gasteiger partial charge in [0.2, 0.25) is 0 Å². The van der Waals surface area contributed by atoms with E-state index in [1.807, 2.05) is 6.20 Å². The van der Waals surface area contributed by atoms with Gasteiger partial charge in [-0.05, 0) is 29.4 Å². The molecule has 0 aliphatic rings. The number of hydrogen-bond donors (Lipinski definition) is 0. The van der Waals surface area contributed by atoms with E-state index in [2.05, 4.69) is 44.8 Å². The number of aromatic nitrogens is 2. The Bertz CT molecular complexity index is 311. The molecule has 0 fully saturated rings. The van der Waals surface area contributed by atoms with Crippen molar-refractivity contribution in [2.24, 2.45) is 0 Å². The van der Waals surface area contributed by atoms with Gasteiger partial charge in [0.05, 0.1) is 11.9 Å². The van der Waals surface area contributed by atoms with Gasteiger partial charge in [-0.3, -0.25) is 0 Å². The van der Waals surface area contributed by atoms with Gasteiger partial charge < -0.3 is 0 Å². The molecule has 0 bridgehead atoms. The van der Waals surface area contributed by atoms with E-state index in [1.165, 1.54) is 11.1 Å². The van der Waals surface area contributed by atoms with Crippen LogP contribution >= 0.6 is 0 Å². The van der Waals surface area contributed by atoms with Crippen molar-refractivity contribution in [2.75, 3.05) is 0 Å². The first-order valence-electron chi connectivity index (χ1n) is 5.34. The molecule has 2 nitrogen and oxygen atoms in total. The van der Waals surface area contributed by atoms with Crippen molar-refractivity contribution in [1.82, 2.24) is 10.2 Å². The third kappa shape index (κ3) is 2.11. The Morgan fingerprint density at radius 3 is 2.21 bits per heavy atom. The maximum Gasteiger partial charge on any atom is 0.0663 e. The number of rotatable bonds is 2. The smallest absolute Gasteiger partial charge is 0.0663 e. The van der Waals surface area contributed by atoms with Gasteiger partial charge in [-0.25, -0.2) is 0 Å². The molecule has 0 amide bonds. The molecule has 0 aliphatic carbocycles. The Kier molecular flexibility index (Phi) is 3.25. The summed E-state index contributed by atoms with van der Waals surface area (Å²) in [6.07, 6.45) is 3.93. The summed E-state index contributed by atoms with van der Waals surface area (Å²) in [7, 11) is 0. The Labute approximate surface area is 86.8 Å². The molecule has 14 heavy (non-hydrogen) atoms. The second-order valence-corrected chi connectivity index (χ2v) is 4.64. The van der Waals surface area contributed by atoms with Crippen molar-refractivity contribution in [3.05, 3.63) is 23.0 Å². The second-order valence-electron chi connectivity index (χ2n) is 4.64. The molecular weight excluding hydrogens is 172 g/mol. The third-order valence-corrected chi connectivity index (χ3v) is 2.54. The van der Waals surface area contributed by atoms with E-state index in [-0.39, 0.29) is 5.41 Å². The summed E-state index contributed by atoms with van der Waals surface area (Å²) in [6.45, 7) is 11.0. The lowest BCUT2D eigenvalue weighted by Gasteiger charge is -2.22. The first kappa shape index (κ1) is 11.2. The van der Waals surface area contributed by atoms with Gasteiger partial charge in [0.25, 0.3) is 0 Å². The lowest BCUT2D eigenvalue weighted by atomic mass is 9.83. The summed E-state index contributed by atoms with van der Waals surface area (Å²) >= 11 is 0. The van der Waals surface area contributed by atoms with E-state index in [0.717, 1.165) is 18.5 Å². The summed E-state index contributed by atoms with van der Waals surface area (Å²) in [5.74, 6) is 0. The SMILES string of the molecule is CCc1nncc(C(C)(C)C)c1CC. The van der Waals surface area contributed by atoms with Gasteiger partial charge in [0.1, 0.15) is 0 Å². The van der Waals surface area contributed by atoms with Crippen LogP contribution in [-0.4, -0.2) is 10.2 Å². The van der Waals surface area contributed by atoms with Crippen LogP contribution < -0.4 is 0 Å². The van der Waals surface area contributed by atoms with E-state index in [4.69, 9.17) is 0 Å². The fourth-order valence-electron chi connectivity index (χ4n) is 1.77. The van der Waals surface area contributed by atoms with Crippen LogP contribution in [0.25, 0.3) is 0 Å². The maximum atomic E-state index is 4.19. The Morgan fingerprint density at radius 2 is 1.79 bits per heavy atom. The highest BCUT2D eigenvalue weighted by Crippen LogP contribution is 2.26. The largest absolute Gasteiger partial charge is 0.159 e. The number of aryl methyl sites for hydroxylation is 1. The van der Waals surface area contributed by atoms with Gasteiger partial charge >= 0.3 is 0 Å². The molecule has 0 spiro atoms. The summed E-state index contributed by atoms with van der Waals surface area (Å²) in [5, 5.41) is 8.27. The zero-order valence-corrected chi connectivity index (χ0v) is 9.89. The summed E-state index contributed by atoms with van der Waals surface area (Å²) in [4.78, 5) is 0. The van der Waals surface area contributed by atoms with Crippen LogP contribution in [0.4, 0.5) is 0 Å². The van der Waals surface area contributed by atoms with Crippen LogP contribution in [0.2, 0.25) is 0 Å². The van der Waals surface area contributed by atoms with Crippen molar-refractivity contribution in [2.45, 2.75) is 52.9 Å². The fraction of sp³-hybridized carbons (Fsp3) is 0.667. The van der Waals surface area contributed by atoms with Crippen LogP contribution in [0.5, 0.6) is 0 Å². The van der Waals surface area contributed by atoms with Crippen LogP contribution in [-0.2, 0) is 18.3 Å².